The molecule has 0 spiro atoms. The second kappa shape index (κ2) is 12.4. The standard InChI is InChI=1S/C32H28N2O5S/c1-36-26-14-10-24(11-15-26)33-32-34(25-12-16-27(37-2)17-13-25)31(35)30(40-32)20-23-9-18-28(29(19-23)38-3)39-21-22-7-5-4-6-8-22/h4-20H,21H2,1-3H3. The van der Waals surface area contributed by atoms with Crippen LogP contribution in [0.5, 0.6) is 23.0 Å². The largest absolute Gasteiger partial charge is 0.497 e. The molecule has 0 aliphatic carbocycles. The molecule has 1 aliphatic heterocycles. The fourth-order valence-electron chi connectivity index (χ4n) is 4.05. The first-order valence-electron chi connectivity index (χ1n) is 12.5. The minimum absolute atomic E-state index is 0.175. The molecule has 4 aromatic rings. The molecule has 1 heterocycles. The second-order valence-corrected chi connectivity index (χ2v) is 9.74. The van der Waals surface area contributed by atoms with Crippen molar-refractivity contribution in [2.75, 3.05) is 26.2 Å². The van der Waals surface area contributed by atoms with Crippen LogP contribution in [0.2, 0.25) is 0 Å². The Hall–Kier alpha value is -4.69. The number of amidine groups is 1. The lowest BCUT2D eigenvalue weighted by atomic mass is 10.1. The molecule has 4 aromatic carbocycles. The third kappa shape index (κ3) is 6.13. The minimum atomic E-state index is -0.175. The van der Waals surface area contributed by atoms with Crippen molar-refractivity contribution < 1.29 is 23.7 Å². The summed E-state index contributed by atoms with van der Waals surface area (Å²) in [7, 11) is 4.82. The number of anilines is 1. The van der Waals surface area contributed by atoms with Gasteiger partial charge in [-0.15, -0.1) is 0 Å². The quantitative estimate of drug-likeness (QED) is 0.206. The molecule has 202 valence electrons. The molecular formula is C32H28N2O5S. The number of carbonyl (C=O) groups is 1. The van der Waals surface area contributed by atoms with Crippen molar-refractivity contribution in [3.05, 3.63) is 113 Å². The lowest BCUT2D eigenvalue weighted by Crippen LogP contribution is -2.28. The number of methoxy groups -OCH3 is 3. The fourth-order valence-corrected chi connectivity index (χ4v) is 5.06. The van der Waals surface area contributed by atoms with E-state index in [0.29, 0.717) is 45.3 Å². The van der Waals surface area contributed by atoms with E-state index in [1.807, 2.05) is 103 Å². The highest BCUT2D eigenvalue weighted by molar-refractivity contribution is 8.19. The van der Waals surface area contributed by atoms with Crippen LogP contribution in [-0.2, 0) is 11.4 Å². The number of amides is 1. The van der Waals surface area contributed by atoms with Gasteiger partial charge in [0.15, 0.2) is 16.7 Å². The zero-order chi connectivity index (χ0) is 27.9. The molecule has 0 bridgehead atoms. The van der Waals surface area contributed by atoms with Crippen LogP contribution in [0, 0.1) is 0 Å². The van der Waals surface area contributed by atoms with Crippen LogP contribution in [0.25, 0.3) is 6.08 Å². The van der Waals surface area contributed by atoms with Crippen molar-refractivity contribution in [2.45, 2.75) is 6.61 Å². The molecule has 1 aliphatic rings. The van der Waals surface area contributed by atoms with Crippen LogP contribution in [0.3, 0.4) is 0 Å². The fraction of sp³-hybridized carbons (Fsp3) is 0.125. The number of ether oxygens (including phenoxy) is 4. The highest BCUT2D eigenvalue weighted by atomic mass is 32.2. The second-order valence-electron chi connectivity index (χ2n) is 8.73. The van der Waals surface area contributed by atoms with E-state index in [1.165, 1.54) is 11.8 Å². The van der Waals surface area contributed by atoms with E-state index in [4.69, 9.17) is 23.9 Å². The van der Waals surface area contributed by atoms with Crippen molar-refractivity contribution in [2.24, 2.45) is 4.99 Å². The molecule has 0 aromatic heterocycles. The Balaban J connectivity index is 1.44. The number of benzene rings is 4. The molecule has 0 unspecified atom stereocenters. The topological polar surface area (TPSA) is 69.6 Å². The van der Waals surface area contributed by atoms with Crippen LogP contribution in [0.1, 0.15) is 11.1 Å². The summed E-state index contributed by atoms with van der Waals surface area (Å²) in [5.74, 6) is 2.47. The van der Waals surface area contributed by atoms with Gasteiger partial charge in [0, 0.05) is 0 Å². The SMILES string of the molecule is COc1ccc(N=C2SC(=Cc3ccc(OCc4ccccc4)c(OC)c3)C(=O)N2c2ccc(OC)cc2)cc1. The molecule has 40 heavy (non-hydrogen) atoms. The smallest absolute Gasteiger partial charge is 0.271 e. The first kappa shape index (κ1) is 26.9. The van der Waals surface area contributed by atoms with Gasteiger partial charge in [0.1, 0.15) is 18.1 Å². The van der Waals surface area contributed by atoms with Crippen molar-refractivity contribution in [3.8, 4) is 23.0 Å². The summed E-state index contributed by atoms with van der Waals surface area (Å²) in [5, 5.41) is 0.543. The van der Waals surface area contributed by atoms with E-state index < -0.39 is 0 Å². The van der Waals surface area contributed by atoms with Gasteiger partial charge in [-0.05, 0) is 89.6 Å². The van der Waals surface area contributed by atoms with Crippen molar-refractivity contribution in [1.29, 1.82) is 0 Å². The lowest BCUT2D eigenvalue weighted by molar-refractivity contribution is -0.113. The Morgan fingerprint density at radius 1 is 0.775 bits per heavy atom. The number of carbonyl (C=O) groups excluding carboxylic acids is 1. The maximum absolute atomic E-state index is 13.7. The van der Waals surface area contributed by atoms with Crippen LogP contribution >= 0.6 is 11.8 Å². The maximum atomic E-state index is 13.7. The van der Waals surface area contributed by atoms with Gasteiger partial charge < -0.3 is 18.9 Å². The first-order chi connectivity index (χ1) is 19.6. The van der Waals surface area contributed by atoms with E-state index in [1.54, 1.807) is 26.2 Å². The first-order valence-corrected chi connectivity index (χ1v) is 13.3. The molecule has 1 saturated heterocycles. The van der Waals surface area contributed by atoms with Gasteiger partial charge in [-0.25, -0.2) is 4.99 Å². The van der Waals surface area contributed by atoms with Crippen LogP contribution in [0.15, 0.2) is 107 Å². The number of aliphatic imine (C=N–C) groups is 1. The van der Waals surface area contributed by atoms with Gasteiger partial charge in [-0.2, -0.15) is 0 Å². The summed E-state index contributed by atoms with van der Waals surface area (Å²) in [4.78, 5) is 20.6. The van der Waals surface area contributed by atoms with E-state index >= 15 is 0 Å². The van der Waals surface area contributed by atoms with Crippen molar-refractivity contribution in [1.82, 2.24) is 0 Å². The summed E-state index contributed by atoms with van der Waals surface area (Å²) in [6, 6.07) is 30.2. The lowest BCUT2D eigenvalue weighted by Gasteiger charge is -2.16. The summed E-state index contributed by atoms with van der Waals surface area (Å²) in [6.07, 6.45) is 1.84. The normalized spacial score (nSPS) is 15.0. The predicted octanol–water partition coefficient (Wildman–Crippen LogP) is 7.10. The van der Waals surface area contributed by atoms with Crippen LogP contribution < -0.4 is 23.8 Å². The average molecular weight is 553 g/mol. The number of hydrogen-bond acceptors (Lipinski definition) is 7. The monoisotopic (exact) mass is 552 g/mol. The van der Waals surface area contributed by atoms with Gasteiger partial charge >= 0.3 is 0 Å². The molecule has 0 saturated carbocycles. The van der Waals surface area contributed by atoms with E-state index in [2.05, 4.69) is 0 Å². The van der Waals surface area contributed by atoms with E-state index in [9.17, 15) is 4.79 Å². The number of rotatable bonds is 9. The summed E-state index contributed by atoms with van der Waals surface area (Å²) in [6.45, 7) is 0.425. The van der Waals surface area contributed by atoms with Gasteiger partial charge in [0.2, 0.25) is 0 Å². The molecule has 0 radical (unpaired) electrons. The number of hydrogen-bond donors (Lipinski definition) is 0. The Morgan fingerprint density at radius 3 is 2.10 bits per heavy atom. The molecule has 0 N–H and O–H groups in total. The van der Waals surface area contributed by atoms with Crippen LogP contribution in [0.4, 0.5) is 11.4 Å². The molecule has 1 fully saturated rings. The van der Waals surface area contributed by atoms with Gasteiger partial charge in [0.25, 0.3) is 5.91 Å². The Labute approximate surface area is 237 Å². The van der Waals surface area contributed by atoms with Crippen molar-refractivity contribution >= 4 is 40.3 Å². The van der Waals surface area contributed by atoms with E-state index in [-0.39, 0.29) is 5.91 Å². The highest BCUT2D eigenvalue weighted by Gasteiger charge is 2.35. The predicted molar refractivity (Wildman–Crippen MR) is 160 cm³/mol. The summed E-state index contributed by atoms with van der Waals surface area (Å²) in [5.41, 5.74) is 3.26. The molecule has 8 heteroatoms. The van der Waals surface area contributed by atoms with Crippen molar-refractivity contribution in [3.63, 3.8) is 0 Å². The third-order valence-corrected chi connectivity index (χ3v) is 7.13. The molecule has 0 atom stereocenters. The van der Waals surface area contributed by atoms with Gasteiger partial charge in [0.05, 0.1) is 37.6 Å². The molecule has 7 nitrogen and oxygen atoms in total. The highest BCUT2D eigenvalue weighted by Crippen LogP contribution is 2.39. The zero-order valence-corrected chi connectivity index (χ0v) is 23.2. The molecule has 1 amide bonds. The Bertz CT molecular complexity index is 1530. The number of thioether (sulfide) groups is 1. The molecular weight excluding hydrogens is 524 g/mol. The molecule has 5 rings (SSSR count). The van der Waals surface area contributed by atoms with Gasteiger partial charge in [-0.3, -0.25) is 9.69 Å². The Morgan fingerprint density at radius 2 is 1.45 bits per heavy atom. The van der Waals surface area contributed by atoms with Gasteiger partial charge in [-0.1, -0.05) is 36.4 Å². The maximum Gasteiger partial charge on any atom is 0.271 e. The average Bonchev–Trinajstić information content (AvgIpc) is 3.30. The van der Waals surface area contributed by atoms with E-state index in [0.717, 1.165) is 16.9 Å². The number of nitrogens with zero attached hydrogens (tertiary/aromatic N) is 2. The summed E-state index contributed by atoms with van der Waals surface area (Å²) < 4.78 is 22.1. The minimum Gasteiger partial charge on any atom is -0.497 e. The third-order valence-electron chi connectivity index (χ3n) is 6.16. The zero-order valence-electron chi connectivity index (χ0n) is 22.4. The Kier molecular flexibility index (Phi) is 8.37. The summed E-state index contributed by atoms with van der Waals surface area (Å²) >= 11 is 1.31. The van der Waals surface area contributed by atoms with Crippen LogP contribution in [-0.4, -0.2) is 32.4 Å².